The predicted molar refractivity (Wildman–Crippen MR) is 75.1 cm³/mol. The van der Waals surface area contributed by atoms with Gasteiger partial charge in [0.05, 0.1) is 0 Å². The summed E-state index contributed by atoms with van der Waals surface area (Å²) in [5, 5.41) is 8.14. The first kappa shape index (κ1) is 17.4. The maximum absolute atomic E-state index is 12.8. The molecule has 1 saturated heterocycles. The van der Waals surface area contributed by atoms with Crippen LogP contribution in [0.15, 0.2) is 0 Å². The first-order valence-corrected chi connectivity index (χ1v) is 6.91. The van der Waals surface area contributed by atoms with E-state index >= 15 is 0 Å². The van der Waals surface area contributed by atoms with Gasteiger partial charge in [-0.25, -0.2) is 4.39 Å². The third-order valence-electron chi connectivity index (χ3n) is 2.54. The van der Waals surface area contributed by atoms with Crippen molar-refractivity contribution in [2.75, 3.05) is 26.2 Å². The zero-order valence-electron chi connectivity index (χ0n) is 12.2. The molecule has 0 radical (unpaired) electrons. The van der Waals surface area contributed by atoms with Crippen molar-refractivity contribution in [2.45, 2.75) is 46.7 Å². The quantitative estimate of drug-likeness (QED) is 0.769. The van der Waals surface area contributed by atoms with E-state index in [1.54, 1.807) is 0 Å². The monoisotopic (exact) mass is 257 g/mol. The molecule has 1 fully saturated rings. The molecule has 0 aromatic heterocycles. The van der Waals surface area contributed by atoms with E-state index in [-0.39, 0.29) is 6.61 Å². The molecule has 0 aliphatic carbocycles. The lowest BCUT2D eigenvalue weighted by Gasteiger charge is -2.29. The van der Waals surface area contributed by atoms with Crippen LogP contribution in [0.3, 0.4) is 0 Å². The summed E-state index contributed by atoms with van der Waals surface area (Å²) in [4.78, 5) is 2.23. The Morgan fingerprint density at radius 1 is 1.33 bits per heavy atom. The van der Waals surface area contributed by atoms with E-state index < -0.39 is 6.17 Å². The van der Waals surface area contributed by atoms with Gasteiger partial charge in [-0.3, -0.25) is 0 Å². The lowest BCUT2D eigenvalue weighted by molar-refractivity contribution is 0.127. The van der Waals surface area contributed by atoms with Crippen molar-refractivity contribution >= 4 is 0 Å². The maximum atomic E-state index is 12.8. The molecular formula is C15H28FNO. The van der Waals surface area contributed by atoms with Gasteiger partial charge in [0, 0.05) is 19.0 Å². The van der Waals surface area contributed by atoms with Crippen LogP contribution in [-0.4, -0.2) is 42.4 Å². The number of piperidine rings is 1. The number of halogens is 1. The molecule has 0 unspecified atom stereocenters. The molecule has 1 heterocycles. The first-order chi connectivity index (χ1) is 8.45. The summed E-state index contributed by atoms with van der Waals surface area (Å²) >= 11 is 0. The second-order valence-electron chi connectivity index (χ2n) is 5.53. The van der Waals surface area contributed by atoms with Crippen molar-refractivity contribution in [3.8, 4) is 11.8 Å². The van der Waals surface area contributed by atoms with Crippen LogP contribution in [-0.2, 0) is 0 Å². The Kier molecular flexibility index (Phi) is 10.0. The number of aliphatic hydroxyl groups excluding tert-OH is 1. The first-order valence-electron chi connectivity index (χ1n) is 6.91. The van der Waals surface area contributed by atoms with Gasteiger partial charge in [0.25, 0.3) is 0 Å². The minimum absolute atomic E-state index is 0.0157. The molecule has 106 valence electrons. The van der Waals surface area contributed by atoms with Crippen LogP contribution in [0, 0.1) is 23.7 Å². The summed E-state index contributed by atoms with van der Waals surface area (Å²) in [7, 11) is 0. The van der Waals surface area contributed by atoms with E-state index in [2.05, 4.69) is 30.6 Å². The van der Waals surface area contributed by atoms with Gasteiger partial charge in [0.1, 0.15) is 12.8 Å². The minimum atomic E-state index is -0.567. The maximum Gasteiger partial charge on any atom is 0.113 e. The highest BCUT2D eigenvalue weighted by atomic mass is 19.1. The number of nitrogens with zero attached hydrogens (tertiary/aromatic N) is 1. The summed E-state index contributed by atoms with van der Waals surface area (Å²) in [6.07, 6.45) is 1.24. The van der Waals surface area contributed by atoms with Crippen molar-refractivity contribution in [1.82, 2.24) is 4.90 Å². The fraction of sp³-hybridized carbons (Fsp3) is 0.867. The summed E-state index contributed by atoms with van der Waals surface area (Å²) in [6.45, 7) is 11.1. The molecule has 0 saturated carbocycles. The highest BCUT2D eigenvalue weighted by Gasteiger charge is 2.18. The Labute approximate surface area is 112 Å². The Bertz CT molecular complexity index is 253. The number of likely N-dealkylation sites (tertiary alicyclic amines) is 1. The van der Waals surface area contributed by atoms with Gasteiger partial charge in [0.15, 0.2) is 0 Å². The van der Waals surface area contributed by atoms with Crippen molar-refractivity contribution in [3.05, 3.63) is 0 Å². The lowest BCUT2D eigenvalue weighted by atomic mass is 10.1. The zero-order chi connectivity index (χ0) is 14.0. The predicted octanol–water partition coefficient (Wildman–Crippen LogP) is 2.71. The second kappa shape index (κ2) is 10.3. The highest BCUT2D eigenvalue weighted by molar-refractivity contribution is 5.00. The van der Waals surface area contributed by atoms with Crippen LogP contribution in [0.1, 0.15) is 40.5 Å². The molecule has 0 amide bonds. The van der Waals surface area contributed by atoms with Gasteiger partial charge in [-0.05, 0) is 25.3 Å². The van der Waals surface area contributed by atoms with E-state index in [9.17, 15) is 4.39 Å². The number of hydrogen-bond donors (Lipinski definition) is 1. The van der Waals surface area contributed by atoms with E-state index in [0.29, 0.717) is 18.4 Å². The molecule has 1 N–H and O–H groups in total. The minimum Gasteiger partial charge on any atom is -0.384 e. The van der Waals surface area contributed by atoms with Crippen LogP contribution in [0.25, 0.3) is 0 Å². The Hall–Kier alpha value is -0.590. The van der Waals surface area contributed by atoms with Crippen LogP contribution in [0.5, 0.6) is 0 Å². The third kappa shape index (κ3) is 10.6. The standard InChI is InChI=1S/C9H18FN.C6H10O/c1-8(2)6-11-5-3-4-9(10)7-11;1-6(2)4-3-5-7/h8-9H,3-7H2,1-2H3;6-7H,5H2,1-2H3/t9-;/m1./s1. The summed E-state index contributed by atoms with van der Waals surface area (Å²) < 4.78 is 12.8. The number of hydrogen-bond acceptors (Lipinski definition) is 2. The van der Waals surface area contributed by atoms with E-state index in [4.69, 9.17) is 5.11 Å². The van der Waals surface area contributed by atoms with Crippen LogP contribution < -0.4 is 0 Å². The van der Waals surface area contributed by atoms with Gasteiger partial charge in [-0.1, -0.05) is 39.5 Å². The largest absolute Gasteiger partial charge is 0.384 e. The second-order valence-corrected chi connectivity index (χ2v) is 5.53. The number of rotatable bonds is 2. The Morgan fingerprint density at radius 2 is 2.00 bits per heavy atom. The summed E-state index contributed by atoms with van der Waals surface area (Å²) in [6, 6.07) is 0. The average molecular weight is 257 g/mol. The summed E-state index contributed by atoms with van der Waals surface area (Å²) in [5.74, 6) is 6.40. The molecule has 1 aliphatic heterocycles. The fourth-order valence-electron chi connectivity index (χ4n) is 1.93. The smallest absolute Gasteiger partial charge is 0.113 e. The molecule has 0 aromatic rings. The zero-order valence-corrected chi connectivity index (χ0v) is 12.2. The average Bonchev–Trinajstić information content (AvgIpc) is 2.26. The molecule has 1 atom stereocenters. The van der Waals surface area contributed by atoms with Crippen LogP contribution >= 0.6 is 0 Å². The molecule has 0 spiro atoms. The number of alkyl halides is 1. The molecule has 18 heavy (non-hydrogen) atoms. The topological polar surface area (TPSA) is 23.5 Å². The van der Waals surface area contributed by atoms with Gasteiger partial charge in [-0.2, -0.15) is 0 Å². The molecule has 2 nitrogen and oxygen atoms in total. The number of aliphatic hydroxyl groups is 1. The molecular weight excluding hydrogens is 229 g/mol. The van der Waals surface area contributed by atoms with E-state index in [1.807, 2.05) is 13.8 Å². The molecule has 0 bridgehead atoms. The fourth-order valence-corrected chi connectivity index (χ4v) is 1.93. The van der Waals surface area contributed by atoms with E-state index in [0.717, 1.165) is 25.9 Å². The van der Waals surface area contributed by atoms with Crippen molar-refractivity contribution in [3.63, 3.8) is 0 Å². The van der Waals surface area contributed by atoms with Crippen molar-refractivity contribution in [2.24, 2.45) is 11.8 Å². The summed E-state index contributed by atoms with van der Waals surface area (Å²) in [5.41, 5.74) is 0. The van der Waals surface area contributed by atoms with Crippen LogP contribution in [0.4, 0.5) is 4.39 Å². The third-order valence-corrected chi connectivity index (χ3v) is 2.54. The Balaban J connectivity index is 0.000000360. The van der Waals surface area contributed by atoms with Crippen LogP contribution in [0.2, 0.25) is 0 Å². The van der Waals surface area contributed by atoms with Gasteiger partial charge in [0.2, 0.25) is 0 Å². The van der Waals surface area contributed by atoms with E-state index in [1.165, 1.54) is 0 Å². The van der Waals surface area contributed by atoms with Gasteiger partial charge < -0.3 is 10.0 Å². The van der Waals surface area contributed by atoms with Crippen molar-refractivity contribution in [1.29, 1.82) is 0 Å². The van der Waals surface area contributed by atoms with Gasteiger partial charge >= 0.3 is 0 Å². The SMILES string of the molecule is CC(C)C#CCO.CC(C)CN1CCC[C@@H](F)C1. The lowest BCUT2D eigenvalue weighted by Crippen LogP contribution is -2.38. The molecule has 1 aliphatic rings. The normalized spacial score (nSPS) is 20.1. The Morgan fingerprint density at radius 3 is 2.39 bits per heavy atom. The molecule has 0 aromatic carbocycles. The highest BCUT2D eigenvalue weighted by Crippen LogP contribution is 2.13. The van der Waals surface area contributed by atoms with Gasteiger partial charge in [-0.15, -0.1) is 0 Å². The van der Waals surface area contributed by atoms with Crippen molar-refractivity contribution < 1.29 is 9.50 Å². The molecule has 3 heteroatoms. The molecule has 1 rings (SSSR count).